The second kappa shape index (κ2) is 11.2. The summed E-state index contributed by atoms with van der Waals surface area (Å²) in [5.41, 5.74) is 0. The van der Waals surface area contributed by atoms with Gasteiger partial charge in [0, 0.05) is 40.2 Å². The van der Waals surface area contributed by atoms with Crippen LogP contribution < -0.4 is 5.32 Å². The van der Waals surface area contributed by atoms with Crippen LogP contribution >= 0.6 is 0 Å². The molecule has 0 aromatic heterocycles. The minimum atomic E-state index is -0.506. The molecule has 0 radical (unpaired) electrons. The van der Waals surface area contributed by atoms with Crippen LogP contribution in [0.25, 0.3) is 0 Å². The monoisotopic (exact) mass is 274 g/mol. The number of aliphatic hydroxyl groups excluding tert-OH is 1. The van der Waals surface area contributed by atoms with E-state index < -0.39 is 6.10 Å². The molecule has 1 unspecified atom stereocenters. The summed E-state index contributed by atoms with van der Waals surface area (Å²) in [6.07, 6.45) is 2.14. The summed E-state index contributed by atoms with van der Waals surface area (Å²) >= 11 is 0. The summed E-state index contributed by atoms with van der Waals surface area (Å²) < 4.78 is 5.40. The second-order valence-electron chi connectivity index (χ2n) is 5.51. The maximum Gasteiger partial charge on any atom is 0.223 e. The molecule has 19 heavy (non-hydrogen) atoms. The van der Waals surface area contributed by atoms with Crippen LogP contribution in [0.15, 0.2) is 0 Å². The molecule has 1 atom stereocenters. The van der Waals surface area contributed by atoms with Gasteiger partial charge < -0.3 is 20.1 Å². The molecule has 2 N–H and O–H groups in total. The van der Waals surface area contributed by atoms with Gasteiger partial charge in [-0.2, -0.15) is 0 Å². The van der Waals surface area contributed by atoms with Crippen molar-refractivity contribution in [1.29, 1.82) is 0 Å². The Hall–Kier alpha value is -0.650. The predicted molar refractivity (Wildman–Crippen MR) is 77.1 cm³/mol. The van der Waals surface area contributed by atoms with Gasteiger partial charge in [0.05, 0.1) is 12.7 Å². The third-order valence-corrected chi connectivity index (χ3v) is 2.77. The topological polar surface area (TPSA) is 61.8 Å². The van der Waals surface area contributed by atoms with Crippen LogP contribution in [-0.4, -0.2) is 62.4 Å². The van der Waals surface area contributed by atoms with Crippen LogP contribution in [0.1, 0.15) is 33.1 Å². The third kappa shape index (κ3) is 12.1. The fraction of sp³-hybridized carbons (Fsp3) is 0.929. The van der Waals surface area contributed by atoms with Crippen LogP contribution in [0, 0.1) is 5.92 Å². The van der Waals surface area contributed by atoms with Crippen molar-refractivity contribution >= 4 is 5.91 Å². The molecule has 0 saturated carbocycles. The molecular formula is C14H30N2O3. The largest absolute Gasteiger partial charge is 0.389 e. The van der Waals surface area contributed by atoms with Gasteiger partial charge in [0.2, 0.25) is 5.91 Å². The highest BCUT2D eigenvalue weighted by Crippen LogP contribution is 2.03. The average Bonchev–Trinajstić information content (AvgIpc) is 2.33. The van der Waals surface area contributed by atoms with Gasteiger partial charge in [0.1, 0.15) is 0 Å². The fourth-order valence-electron chi connectivity index (χ4n) is 1.56. The van der Waals surface area contributed by atoms with Crippen molar-refractivity contribution in [2.45, 2.75) is 39.2 Å². The van der Waals surface area contributed by atoms with Crippen molar-refractivity contribution < 1.29 is 14.6 Å². The summed E-state index contributed by atoms with van der Waals surface area (Å²) in [5, 5.41) is 12.7. The molecule has 0 spiro atoms. The lowest BCUT2D eigenvalue weighted by molar-refractivity contribution is -0.128. The quantitative estimate of drug-likeness (QED) is 0.549. The molecule has 0 aliphatic heterocycles. The minimum Gasteiger partial charge on any atom is -0.389 e. The van der Waals surface area contributed by atoms with Crippen LogP contribution in [0.4, 0.5) is 0 Å². The Morgan fingerprint density at radius 2 is 2.05 bits per heavy atom. The molecule has 0 aromatic carbocycles. The molecule has 0 aromatic rings. The van der Waals surface area contributed by atoms with E-state index in [0.29, 0.717) is 38.6 Å². The van der Waals surface area contributed by atoms with Gasteiger partial charge in [0.25, 0.3) is 0 Å². The lowest BCUT2D eigenvalue weighted by atomic mass is 10.1. The zero-order valence-electron chi connectivity index (χ0n) is 12.8. The molecule has 5 nitrogen and oxygen atoms in total. The first kappa shape index (κ1) is 18.4. The molecule has 0 saturated heterocycles. The van der Waals surface area contributed by atoms with Crippen molar-refractivity contribution in [2.75, 3.05) is 40.4 Å². The van der Waals surface area contributed by atoms with Gasteiger partial charge in [-0.25, -0.2) is 0 Å². The molecule has 0 rings (SSSR count). The van der Waals surface area contributed by atoms with Crippen molar-refractivity contribution in [3.05, 3.63) is 0 Å². The Morgan fingerprint density at radius 1 is 1.37 bits per heavy atom. The van der Waals surface area contributed by atoms with Crippen LogP contribution in [0.3, 0.4) is 0 Å². The maximum atomic E-state index is 11.3. The first-order valence-corrected chi connectivity index (χ1v) is 7.10. The standard InChI is InChI=1S/C14H30N2O3/c1-12(2)6-5-9-19-11-13(17)10-15-8-7-14(18)16(3)4/h12-13,15,17H,5-11H2,1-4H3. The molecule has 0 fully saturated rings. The third-order valence-electron chi connectivity index (χ3n) is 2.77. The van der Waals surface area contributed by atoms with E-state index in [1.807, 2.05) is 0 Å². The molecule has 0 aliphatic rings. The Kier molecular flexibility index (Phi) is 10.8. The SMILES string of the molecule is CC(C)CCCOCC(O)CNCCC(=O)N(C)C. The summed E-state index contributed by atoms with van der Waals surface area (Å²) in [6.45, 7) is 6.48. The summed E-state index contributed by atoms with van der Waals surface area (Å²) in [4.78, 5) is 12.9. The zero-order chi connectivity index (χ0) is 14.7. The Labute approximate surface area is 117 Å². The molecule has 5 heteroatoms. The van der Waals surface area contributed by atoms with Gasteiger partial charge in [-0.1, -0.05) is 13.8 Å². The van der Waals surface area contributed by atoms with Gasteiger partial charge in [-0.15, -0.1) is 0 Å². The normalized spacial score (nSPS) is 12.7. The average molecular weight is 274 g/mol. The van der Waals surface area contributed by atoms with Crippen molar-refractivity contribution in [2.24, 2.45) is 5.92 Å². The van der Waals surface area contributed by atoms with Crippen LogP contribution in [0.5, 0.6) is 0 Å². The van der Waals surface area contributed by atoms with E-state index in [2.05, 4.69) is 19.2 Å². The van der Waals surface area contributed by atoms with E-state index in [1.54, 1.807) is 19.0 Å². The Morgan fingerprint density at radius 3 is 2.63 bits per heavy atom. The minimum absolute atomic E-state index is 0.0897. The fourth-order valence-corrected chi connectivity index (χ4v) is 1.56. The Balaban J connectivity index is 3.35. The highest BCUT2D eigenvalue weighted by Gasteiger charge is 2.06. The Bertz CT molecular complexity index is 233. The number of carbonyl (C=O) groups is 1. The number of carbonyl (C=O) groups excluding carboxylic acids is 1. The first-order chi connectivity index (χ1) is 8.93. The zero-order valence-corrected chi connectivity index (χ0v) is 12.8. The molecule has 0 heterocycles. The van der Waals surface area contributed by atoms with Crippen molar-refractivity contribution in [3.63, 3.8) is 0 Å². The number of aliphatic hydroxyl groups is 1. The number of amides is 1. The van der Waals surface area contributed by atoms with E-state index in [4.69, 9.17) is 4.74 Å². The lowest BCUT2D eigenvalue weighted by Crippen LogP contribution is -2.33. The molecule has 0 bridgehead atoms. The van der Waals surface area contributed by atoms with E-state index >= 15 is 0 Å². The summed E-state index contributed by atoms with van der Waals surface area (Å²) in [5.74, 6) is 0.788. The number of rotatable bonds is 11. The predicted octanol–water partition coefficient (Wildman–Crippen LogP) is 0.868. The molecule has 0 aliphatic carbocycles. The summed E-state index contributed by atoms with van der Waals surface area (Å²) in [6, 6.07) is 0. The lowest BCUT2D eigenvalue weighted by Gasteiger charge is -2.14. The van der Waals surface area contributed by atoms with Crippen LogP contribution in [-0.2, 0) is 9.53 Å². The van der Waals surface area contributed by atoms with Gasteiger partial charge in [-0.3, -0.25) is 4.79 Å². The number of nitrogens with zero attached hydrogens (tertiary/aromatic N) is 1. The smallest absolute Gasteiger partial charge is 0.223 e. The van der Waals surface area contributed by atoms with E-state index in [1.165, 1.54) is 0 Å². The van der Waals surface area contributed by atoms with E-state index in [0.717, 1.165) is 12.8 Å². The molecular weight excluding hydrogens is 244 g/mol. The van der Waals surface area contributed by atoms with Gasteiger partial charge in [-0.05, 0) is 18.8 Å². The number of nitrogens with one attached hydrogen (secondary N) is 1. The molecule has 1 amide bonds. The number of ether oxygens (including phenoxy) is 1. The second-order valence-corrected chi connectivity index (χ2v) is 5.51. The van der Waals surface area contributed by atoms with Crippen LogP contribution in [0.2, 0.25) is 0 Å². The van der Waals surface area contributed by atoms with Gasteiger partial charge >= 0.3 is 0 Å². The van der Waals surface area contributed by atoms with E-state index in [-0.39, 0.29) is 5.91 Å². The van der Waals surface area contributed by atoms with Crippen molar-refractivity contribution in [1.82, 2.24) is 10.2 Å². The van der Waals surface area contributed by atoms with E-state index in [9.17, 15) is 9.90 Å². The van der Waals surface area contributed by atoms with Crippen molar-refractivity contribution in [3.8, 4) is 0 Å². The first-order valence-electron chi connectivity index (χ1n) is 7.10. The molecule has 114 valence electrons. The number of hydrogen-bond acceptors (Lipinski definition) is 4. The summed E-state index contributed by atoms with van der Waals surface area (Å²) in [7, 11) is 3.48. The number of hydrogen-bond donors (Lipinski definition) is 2. The maximum absolute atomic E-state index is 11.3. The highest BCUT2D eigenvalue weighted by atomic mass is 16.5. The van der Waals surface area contributed by atoms with Gasteiger partial charge in [0.15, 0.2) is 0 Å². The highest BCUT2D eigenvalue weighted by molar-refractivity contribution is 5.75.